The van der Waals surface area contributed by atoms with Crippen LogP contribution < -0.4 is 5.73 Å². The van der Waals surface area contributed by atoms with E-state index >= 15 is 0 Å². The van der Waals surface area contributed by atoms with E-state index in [1.54, 1.807) is 22.8 Å². The van der Waals surface area contributed by atoms with Gasteiger partial charge in [0.05, 0.1) is 23.3 Å². The number of hydrogen-bond acceptors (Lipinski definition) is 3. The topological polar surface area (TPSA) is 84.2 Å². The lowest BCUT2D eigenvalue weighted by molar-refractivity contribution is 0.104. The van der Waals surface area contributed by atoms with Crippen LogP contribution in [0.25, 0.3) is 5.69 Å². The Bertz CT molecular complexity index is 734. The molecular weight excluding hydrogens is 228 g/mol. The molecule has 2 heterocycles. The maximum atomic E-state index is 12.2. The van der Waals surface area contributed by atoms with Crippen LogP contribution in [0, 0.1) is 11.3 Å². The first-order chi connectivity index (χ1) is 8.77. The molecule has 0 aliphatic carbocycles. The van der Waals surface area contributed by atoms with Crippen LogP contribution in [0.2, 0.25) is 0 Å². The minimum Gasteiger partial charge on any atom is -0.390 e. The smallest absolute Gasteiger partial charge is 0.211 e. The van der Waals surface area contributed by atoms with Gasteiger partial charge in [0, 0.05) is 5.56 Å². The second kappa shape index (κ2) is 3.57. The minimum absolute atomic E-state index is 0.0967. The van der Waals surface area contributed by atoms with Crippen LogP contribution in [0.3, 0.4) is 0 Å². The molecule has 0 fully saturated rings. The van der Waals surface area contributed by atoms with Gasteiger partial charge < -0.3 is 5.73 Å². The molecule has 2 N–H and O–H groups in total. The number of rotatable bonds is 1. The minimum atomic E-state index is -0.0967. The lowest BCUT2D eigenvalue weighted by atomic mass is 10.1. The fourth-order valence-corrected chi connectivity index (χ4v) is 2.19. The molecule has 1 aliphatic heterocycles. The number of fused-ring (bicyclic) bond motifs is 3. The molecule has 0 unspecified atom stereocenters. The average molecular weight is 236 g/mol. The number of carbonyl (C=O) groups is 1. The second-order valence-electron chi connectivity index (χ2n) is 3.84. The molecule has 0 amide bonds. The van der Waals surface area contributed by atoms with Crippen molar-refractivity contribution in [2.75, 3.05) is 0 Å². The molecule has 5 nitrogen and oxygen atoms in total. The van der Waals surface area contributed by atoms with Crippen LogP contribution in [-0.2, 0) is 0 Å². The van der Waals surface area contributed by atoms with Crippen LogP contribution in [0.15, 0.2) is 35.3 Å². The highest BCUT2D eigenvalue weighted by molar-refractivity contribution is 6.15. The molecule has 1 aromatic carbocycles. The summed E-state index contributed by atoms with van der Waals surface area (Å²) in [6.07, 6.45) is 1.12. The number of hydrogen-bond donors (Lipinski definition) is 1. The first kappa shape index (κ1) is 10.3. The molecule has 0 atom stereocenters. The van der Waals surface area contributed by atoms with Gasteiger partial charge in [-0.1, -0.05) is 12.1 Å². The Kier molecular flexibility index (Phi) is 2.04. The van der Waals surface area contributed by atoms with Crippen molar-refractivity contribution in [2.45, 2.75) is 0 Å². The van der Waals surface area contributed by atoms with E-state index in [0.29, 0.717) is 22.6 Å². The van der Waals surface area contributed by atoms with E-state index in [0.717, 1.165) is 12.0 Å². The SMILES string of the molecule is N#Cc1cc2n(c1N=CN)-c1ccccc1C2=O. The highest BCUT2D eigenvalue weighted by Gasteiger charge is 2.30. The Labute approximate surface area is 103 Å². The van der Waals surface area contributed by atoms with Gasteiger partial charge in [0.15, 0.2) is 5.82 Å². The van der Waals surface area contributed by atoms with Crippen LogP contribution >= 0.6 is 0 Å². The van der Waals surface area contributed by atoms with Gasteiger partial charge in [-0.25, -0.2) is 4.99 Å². The van der Waals surface area contributed by atoms with Crippen molar-refractivity contribution < 1.29 is 4.79 Å². The maximum absolute atomic E-state index is 12.2. The molecule has 0 bridgehead atoms. The van der Waals surface area contributed by atoms with Crippen molar-refractivity contribution in [1.82, 2.24) is 4.57 Å². The molecule has 1 aromatic heterocycles. The third kappa shape index (κ3) is 1.14. The fraction of sp³-hybridized carbons (Fsp3) is 0. The summed E-state index contributed by atoms with van der Waals surface area (Å²) < 4.78 is 1.67. The van der Waals surface area contributed by atoms with Crippen molar-refractivity contribution in [3.63, 3.8) is 0 Å². The fourth-order valence-electron chi connectivity index (χ4n) is 2.19. The van der Waals surface area contributed by atoms with Crippen molar-refractivity contribution in [3.8, 4) is 11.8 Å². The number of nitriles is 1. The third-order valence-corrected chi connectivity index (χ3v) is 2.91. The second-order valence-corrected chi connectivity index (χ2v) is 3.84. The number of aliphatic imine (C=N–C) groups is 1. The van der Waals surface area contributed by atoms with Gasteiger partial charge >= 0.3 is 0 Å². The van der Waals surface area contributed by atoms with E-state index in [9.17, 15) is 4.79 Å². The summed E-state index contributed by atoms with van der Waals surface area (Å²) in [4.78, 5) is 16.1. The molecule has 1 aliphatic rings. The highest BCUT2D eigenvalue weighted by atomic mass is 16.1. The summed E-state index contributed by atoms with van der Waals surface area (Å²) in [5.74, 6) is 0.300. The van der Waals surface area contributed by atoms with Gasteiger partial charge in [0.25, 0.3) is 0 Å². The van der Waals surface area contributed by atoms with E-state index in [4.69, 9.17) is 11.0 Å². The van der Waals surface area contributed by atoms with Gasteiger partial charge in [0.2, 0.25) is 5.78 Å². The summed E-state index contributed by atoms with van der Waals surface area (Å²) >= 11 is 0. The van der Waals surface area contributed by atoms with Gasteiger partial charge in [-0.15, -0.1) is 0 Å². The van der Waals surface area contributed by atoms with Crippen molar-refractivity contribution in [2.24, 2.45) is 10.7 Å². The standard InChI is InChI=1S/C13H8N4O/c14-6-8-5-11-12(18)9-3-1-2-4-10(9)17(11)13(8)16-7-15/h1-5,7H,(H2,15,16). The lowest BCUT2D eigenvalue weighted by Gasteiger charge is -2.03. The van der Waals surface area contributed by atoms with Crippen LogP contribution in [0.1, 0.15) is 21.6 Å². The predicted octanol–water partition coefficient (Wildman–Crippen LogP) is 1.51. The Morgan fingerprint density at radius 1 is 1.39 bits per heavy atom. The van der Waals surface area contributed by atoms with Crippen LogP contribution in [0.4, 0.5) is 5.82 Å². The molecule has 5 heteroatoms. The zero-order chi connectivity index (χ0) is 12.7. The van der Waals surface area contributed by atoms with E-state index in [1.807, 2.05) is 18.2 Å². The van der Waals surface area contributed by atoms with E-state index in [2.05, 4.69) is 4.99 Å². The van der Waals surface area contributed by atoms with Crippen molar-refractivity contribution in [3.05, 3.63) is 47.2 Å². The van der Waals surface area contributed by atoms with Gasteiger partial charge in [0.1, 0.15) is 6.07 Å². The first-order valence-electron chi connectivity index (χ1n) is 5.32. The largest absolute Gasteiger partial charge is 0.390 e. The Balaban J connectivity index is 2.39. The predicted molar refractivity (Wildman–Crippen MR) is 66.3 cm³/mol. The first-order valence-corrected chi connectivity index (χ1v) is 5.32. The zero-order valence-corrected chi connectivity index (χ0v) is 9.29. The molecule has 0 saturated heterocycles. The zero-order valence-electron chi connectivity index (χ0n) is 9.29. The summed E-state index contributed by atoms with van der Waals surface area (Å²) in [6, 6.07) is 10.8. The molecule has 3 rings (SSSR count). The van der Waals surface area contributed by atoms with E-state index in [1.165, 1.54) is 0 Å². The number of carbonyl (C=O) groups excluding carboxylic acids is 1. The van der Waals surface area contributed by atoms with Gasteiger partial charge in [-0.05, 0) is 18.2 Å². The Hall–Kier alpha value is -2.87. The summed E-state index contributed by atoms with van der Waals surface area (Å²) in [7, 11) is 0. The number of nitrogens with two attached hydrogens (primary N) is 1. The summed E-state index contributed by atoms with van der Waals surface area (Å²) in [5.41, 5.74) is 7.44. The Morgan fingerprint density at radius 2 is 2.17 bits per heavy atom. The third-order valence-electron chi connectivity index (χ3n) is 2.91. The van der Waals surface area contributed by atoms with Crippen LogP contribution in [-0.4, -0.2) is 16.7 Å². The molecule has 0 saturated carbocycles. The summed E-state index contributed by atoms with van der Waals surface area (Å²) in [6.45, 7) is 0. The van der Waals surface area contributed by atoms with Crippen molar-refractivity contribution >= 4 is 17.9 Å². The number of aromatic nitrogens is 1. The normalized spacial score (nSPS) is 12.5. The van der Waals surface area contributed by atoms with Gasteiger partial charge in [-0.3, -0.25) is 9.36 Å². The van der Waals surface area contributed by atoms with Crippen molar-refractivity contribution in [1.29, 1.82) is 5.26 Å². The lowest BCUT2D eigenvalue weighted by Crippen LogP contribution is -1.95. The van der Waals surface area contributed by atoms with Crippen LogP contribution in [0.5, 0.6) is 0 Å². The number of ketones is 1. The molecule has 86 valence electrons. The average Bonchev–Trinajstić information content (AvgIpc) is 2.89. The molecule has 2 aromatic rings. The number of benzene rings is 1. The van der Waals surface area contributed by atoms with Gasteiger partial charge in [-0.2, -0.15) is 5.26 Å². The Morgan fingerprint density at radius 3 is 2.89 bits per heavy atom. The highest BCUT2D eigenvalue weighted by Crippen LogP contribution is 2.36. The van der Waals surface area contributed by atoms with E-state index < -0.39 is 0 Å². The monoisotopic (exact) mass is 236 g/mol. The number of nitrogens with zero attached hydrogens (tertiary/aromatic N) is 3. The molecule has 0 radical (unpaired) electrons. The maximum Gasteiger partial charge on any atom is 0.211 e. The quantitative estimate of drug-likeness (QED) is 0.513. The summed E-state index contributed by atoms with van der Waals surface area (Å²) in [5, 5.41) is 9.05. The van der Waals surface area contributed by atoms with E-state index in [-0.39, 0.29) is 5.78 Å². The molecule has 18 heavy (non-hydrogen) atoms. The molecular formula is C13H8N4O. The molecule has 0 spiro atoms. The number of para-hydroxylation sites is 1.